The summed E-state index contributed by atoms with van der Waals surface area (Å²) in [5.74, 6) is 0.139. The molecule has 6 nitrogen and oxygen atoms in total. The van der Waals surface area contributed by atoms with Crippen LogP contribution in [0.4, 0.5) is 5.69 Å². The van der Waals surface area contributed by atoms with E-state index in [1.54, 1.807) is 31.2 Å². The first-order valence-electron chi connectivity index (χ1n) is 8.98. The highest BCUT2D eigenvalue weighted by molar-refractivity contribution is 7.89. The molecule has 7 heteroatoms. The van der Waals surface area contributed by atoms with Crippen LogP contribution in [-0.2, 0) is 10.0 Å². The molecule has 1 fully saturated rings. The molecule has 0 unspecified atom stereocenters. The molecule has 3 rings (SSSR count). The molecule has 144 valence electrons. The van der Waals surface area contributed by atoms with E-state index in [-0.39, 0.29) is 16.2 Å². The summed E-state index contributed by atoms with van der Waals surface area (Å²) in [6.45, 7) is 4.86. The molecule has 2 N–H and O–H groups in total. The van der Waals surface area contributed by atoms with E-state index in [4.69, 9.17) is 0 Å². The second-order valence-electron chi connectivity index (χ2n) is 7.07. The monoisotopic (exact) mass is 388 g/mol. The van der Waals surface area contributed by atoms with E-state index in [2.05, 4.69) is 12.2 Å². The number of sulfonamides is 1. The van der Waals surface area contributed by atoms with E-state index in [9.17, 15) is 18.3 Å². The Kier molecular flexibility index (Phi) is 5.53. The molecule has 2 aromatic carbocycles. The Labute approximate surface area is 159 Å². The van der Waals surface area contributed by atoms with Crippen LogP contribution in [0.1, 0.15) is 35.7 Å². The zero-order valence-corrected chi connectivity index (χ0v) is 16.3. The minimum absolute atomic E-state index is 0.0410. The van der Waals surface area contributed by atoms with Crippen molar-refractivity contribution in [3.63, 3.8) is 0 Å². The maximum absolute atomic E-state index is 13.1. The zero-order chi connectivity index (χ0) is 19.6. The van der Waals surface area contributed by atoms with Gasteiger partial charge in [0, 0.05) is 30.4 Å². The SMILES string of the molecule is Cc1ccc(C(=O)Nc2cccc(O)c2)cc1S(=O)(=O)N1CCC(C)CC1. The third-order valence-electron chi connectivity index (χ3n) is 4.91. The molecule has 0 saturated carbocycles. The Hall–Kier alpha value is -2.38. The summed E-state index contributed by atoms with van der Waals surface area (Å²) in [6, 6.07) is 10.9. The number of piperidine rings is 1. The van der Waals surface area contributed by atoms with Crippen LogP contribution < -0.4 is 5.32 Å². The molecule has 0 atom stereocenters. The molecule has 0 bridgehead atoms. The molecule has 1 aliphatic rings. The van der Waals surface area contributed by atoms with Crippen LogP contribution in [0, 0.1) is 12.8 Å². The van der Waals surface area contributed by atoms with Gasteiger partial charge in [-0.2, -0.15) is 4.31 Å². The van der Waals surface area contributed by atoms with Crippen molar-refractivity contribution in [3.8, 4) is 5.75 Å². The second-order valence-corrected chi connectivity index (χ2v) is 8.98. The summed E-state index contributed by atoms with van der Waals surface area (Å²) < 4.78 is 27.6. The van der Waals surface area contributed by atoms with Crippen LogP contribution in [-0.4, -0.2) is 36.8 Å². The first-order valence-corrected chi connectivity index (χ1v) is 10.4. The van der Waals surface area contributed by atoms with Crippen molar-refractivity contribution >= 4 is 21.6 Å². The van der Waals surface area contributed by atoms with Crippen LogP contribution in [0.2, 0.25) is 0 Å². The van der Waals surface area contributed by atoms with Crippen molar-refractivity contribution in [2.24, 2.45) is 5.92 Å². The standard InChI is InChI=1S/C20H24N2O4S/c1-14-8-10-22(11-9-14)27(25,26)19-12-16(7-6-15(19)2)20(24)21-17-4-3-5-18(23)13-17/h3-7,12-14,23H,8-11H2,1-2H3,(H,21,24). The minimum atomic E-state index is -3.64. The van der Waals surface area contributed by atoms with Crippen LogP contribution in [0.5, 0.6) is 5.75 Å². The predicted molar refractivity (Wildman–Crippen MR) is 104 cm³/mol. The predicted octanol–water partition coefficient (Wildman–Crippen LogP) is 3.37. The fourth-order valence-corrected chi connectivity index (χ4v) is 4.89. The van der Waals surface area contributed by atoms with E-state index in [1.165, 1.54) is 22.5 Å². The maximum atomic E-state index is 13.1. The van der Waals surface area contributed by atoms with Crippen LogP contribution >= 0.6 is 0 Å². The number of anilines is 1. The minimum Gasteiger partial charge on any atom is -0.508 e. The van der Waals surface area contributed by atoms with Gasteiger partial charge >= 0.3 is 0 Å². The van der Waals surface area contributed by atoms with E-state index < -0.39 is 15.9 Å². The van der Waals surface area contributed by atoms with E-state index >= 15 is 0 Å². The van der Waals surface area contributed by atoms with Crippen LogP contribution in [0.15, 0.2) is 47.4 Å². The normalized spacial score (nSPS) is 16.2. The Morgan fingerprint density at radius 1 is 1.15 bits per heavy atom. The summed E-state index contributed by atoms with van der Waals surface area (Å²) >= 11 is 0. The lowest BCUT2D eigenvalue weighted by Gasteiger charge is -2.30. The number of aromatic hydroxyl groups is 1. The number of carbonyl (C=O) groups is 1. The lowest BCUT2D eigenvalue weighted by molar-refractivity contribution is 0.102. The highest BCUT2D eigenvalue weighted by atomic mass is 32.2. The Morgan fingerprint density at radius 2 is 1.85 bits per heavy atom. The van der Waals surface area contributed by atoms with Crippen molar-refractivity contribution in [2.45, 2.75) is 31.6 Å². The van der Waals surface area contributed by atoms with Gasteiger partial charge in [0.25, 0.3) is 5.91 Å². The quantitative estimate of drug-likeness (QED) is 0.841. The highest BCUT2D eigenvalue weighted by Crippen LogP contribution is 2.26. The Balaban J connectivity index is 1.86. The summed E-state index contributed by atoms with van der Waals surface area (Å²) in [5.41, 5.74) is 1.31. The van der Waals surface area contributed by atoms with Crippen molar-refractivity contribution < 1.29 is 18.3 Å². The van der Waals surface area contributed by atoms with E-state index in [1.807, 2.05) is 0 Å². The first-order chi connectivity index (χ1) is 12.8. The van der Waals surface area contributed by atoms with Gasteiger partial charge in [-0.15, -0.1) is 0 Å². The van der Waals surface area contributed by atoms with Gasteiger partial charge in [-0.3, -0.25) is 4.79 Å². The number of phenolic OH excluding ortho intramolecular Hbond substituents is 1. The van der Waals surface area contributed by atoms with Gasteiger partial charge < -0.3 is 10.4 Å². The summed E-state index contributed by atoms with van der Waals surface area (Å²) in [7, 11) is -3.64. The van der Waals surface area contributed by atoms with Gasteiger partial charge in [0.15, 0.2) is 0 Å². The van der Waals surface area contributed by atoms with Crippen molar-refractivity contribution in [3.05, 3.63) is 53.6 Å². The molecule has 0 spiro atoms. The van der Waals surface area contributed by atoms with Crippen LogP contribution in [0.25, 0.3) is 0 Å². The van der Waals surface area contributed by atoms with Gasteiger partial charge in [-0.05, 0) is 55.5 Å². The van der Waals surface area contributed by atoms with Gasteiger partial charge in [0.1, 0.15) is 5.75 Å². The number of nitrogens with one attached hydrogen (secondary N) is 1. The summed E-state index contributed by atoms with van der Waals surface area (Å²) in [4.78, 5) is 12.7. The number of benzene rings is 2. The van der Waals surface area contributed by atoms with Crippen molar-refractivity contribution in [1.82, 2.24) is 4.31 Å². The van der Waals surface area contributed by atoms with Gasteiger partial charge in [0.2, 0.25) is 10.0 Å². The lowest BCUT2D eigenvalue weighted by Crippen LogP contribution is -2.38. The third kappa shape index (κ3) is 4.31. The number of phenols is 1. The molecule has 1 saturated heterocycles. The third-order valence-corrected chi connectivity index (χ3v) is 6.96. The molecule has 27 heavy (non-hydrogen) atoms. The molecule has 2 aromatic rings. The molecule has 1 amide bonds. The zero-order valence-electron chi connectivity index (χ0n) is 15.5. The molecule has 0 radical (unpaired) electrons. The number of carbonyl (C=O) groups excluding carboxylic acids is 1. The number of amides is 1. The summed E-state index contributed by atoms with van der Waals surface area (Å²) in [5, 5.41) is 12.2. The molecular weight excluding hydrogens is 364 g/mol. The lowest BCUT2D eigenvalue weighted by atomic mass is 10.0. The van der Waals surface area contributed by atoms with Crippen molar-refractivity contribution in [1.29, 1.82) is 0 Å². The van der Waals surface area contributed by atoms with Gasteiger partial charge in [-0.25, -0.2) is 8.42 Å². The largest absolute Gasteiger partial charge is 0.508 e. The Morgan fingerprint density at radius 3 is 2.52 bits per heavy atom. The Bertz CT molecular complexity index is 948. The topological polar surface area (TPSA) is 86.7 Å². The van der Waals surface area contributed by atoms with E-state index in [0.717, 1.165) is 12.8 Å². The number of hydrogen-bond donors (Lipinski definition) is 2. The molecule has 0 aliphatic carbocycles. The fourth-order valence-electron chi connectivity index (χ4n) is 3.17. The smallest absolute Gasteiger partial charge is 0.255 e. The molecule has 1 heterocycles. The average Bonchev–Trinajstić information content (AvgIpc) is 2.62. The maximum Gasteiger partial charge on any atom is 0.255 e. The summed E-state index contributed by atoms with van der Waals surface area (Å²) in [6.07, 6.45) is 1.69. The molecule has 1 aliphatic heterocycles. The highest BCUT2D eigenvalue weighted by Gasteiger charge is 2.29. The second kappa shape index (κ2) is 7.70. The van der Waals surface area contributed by atoms with Gasteiger partial charge in [0.05, 0.1) is 4.90 Å². The van der Waals surface area contributed by atoms with Crippen LogP contribution in [0.3, 0.4) is 0 Å². The van der Waals surface area contributed by atoms with E-state index in [0.29, 0.717) is 30.3 Å². The average molecular weight is 388 g/mol. The van der Waals surface area contributed by atoms with Crippen molar-refractivity contribution in [2.75, 3.05) is 18.4 Å². The fraction of sp³-hybridized carbons (Fsp3) is 0.350. The number of rotatable bonds is 4. The molecule has 0 aromatic heterocycles. The number of hydrogen-bond acceptors (Lipinski definition) is 4. The first kappa shape index (κ1) is 19.4. The number of aryl methyl sites for hydroxylation is 1. The van der Waals surface area contributed by atoms with Gasteiger partial charge in [-0.1, -0.05) is 19.1 Å². The number of nitrogens with zero attached hydrogens (tertiary/aromatic N) is 1. The molecular formula is C20H24N2O4S.